The topological polar surface area (TPSA) is 91.5 Å². The molecule has 0 saturated carbocycles. The van der Waals surface area contributed by atoms with Crippen LogP contribution in [0.1, 0.15) is 12.5 Å². The van der Waals surface area contributed by atoms with E-state index in [2.05, 4.69) is 4.99 Å². The molecule has 116 valence electrons. The fourth-order valence-electron chi connectivity index (χ4n) is 2.36. The highest BCUT2D eigenvalue weighted by atomic mass is 16.5. The van der Waals surface area contributed by atoms with Crippen molar-refractivity contribution < 1.29 is 24.8 Å². The van der Waals surface area contributed by atoms with Crippen LogP contribution in [-0.2, 0) is 4.74 Å². The summed E-state index contributed by atoms with van der Waals surface area (Å²) in [5.74, 6) is 0.753. The van der Waals surface area contributed by atoms with E-state index in [9.17, 15) is 10.2 Å². The van der Waals surface area contributed by atoms with Crippen LogP contribution < -0.4 is 4.74 Å². The van der Waals surface area contributed by atoms with Crippen LogP contribution in [0.3, 0.4) is 0 Å². The number of aliphatic hydroxyl groups is 3. The summed E-state index contributed by atoms with van der Waals surface area (Å²) in [5, 5.41) is 29.1. The molecule has 1 saturated heterocycles. The second-order valence-corrected chi connectivity index (χ2v) is 5.09. The number of hydrogen-bond donors (Lipinski definition) is 3. The molecule has 0 bridgehead atoms. The van der Waals surface area contributed by atoms with Gasteiger partial charge in [0.25, 0.3) is 0 Å². The number of aliphatic imine (C=N–C) groups is 1. The first-order valence-corrected chi connectivity index (χ1v) is 6.86. The van der Waals surface area contributed by atoms with Crippen LogP contribution in [0.2, 0.25) is 0 Å². The molecule has 21 heavy (non-hydrogen) atoms. The van der Waals surface area contributed by atoms with Crippen LogP contribution in [0.4, 0.5) is 0 Å². The summed E-state index contributed by atoms with van der Waals surface area (Å²) < 4.78 is 10.5. The second kappa shape index (κ2) is 7.00. The van der Waals surface area contributed by atoms with E-state index in [0.29, 0.717) is 0 Å². The molecule has 3 N–H and O–H groups in total. The Hall–Kier alpha value is -1.47. The third-order valence-electron chi connectivity index (χ3n) is 3.64. The van der Waals surface area contributed by atoms with Crippen LogP contribution in [0.5, 0.6) is 5.75 Å². The Morgan fingerprint density at radius 3 is 2.48 bits per heavy atom. The minimum absolute atomic E-state index is 0.336. The Labute approximate surface area is 123 Å². The van der Waals surface area contributed by atoms with Gasteiger partial charge >= 0.3 is 0 Å². The Bertz CT molecular complexity index is 475. The fourth-order valence-corrected chi connectivity index (χ4v) is 2.36. The third kappa shape index (κ3) is 3.59. The molecule has 5 unspecified atom stereocenters. The number of nitrogens with zero attached hydrogens (tertiary/aromatic N) is 1. The van der Waals surface area contributed by atoms with Gasteiger partial charge in [-0.1, -0.05) is 0 Å². The summed E-state index contributed by atoms with van der Waals surface area (Å²) in [7, 11) is 1.60. The van der Waals surface area contributed by atoms with E-state index in [1.54, 1.807) is 20.2 Å². The number of aliphatic hydroxyl groups excluding tert-OH is 3. The molecular weight excluding hydrogens is 274 g/mol. The van der Waals surface area contributed by atoms with Gasteiger partial charge in [-0.2, -0.15) is 0 Å². The average molecular weight is 295 g/mol. The molecule has 1 fully saturated rings. The summed E-state index contributed by atoms with van der Waals surface area (Å²) in [6, 6.07) is 6.74. The second-order valence-electron chi connectivity index (χ2n) is 5.09. The van der Waals surface area contributed by atoms with E-state index >= 15 is 0 Å². The van der Waals surface area contributed by atoms with Crippen molar-refractivity contribution in [1.82, 2.24) is 0 Å². The third-order valence-corrected chi connectivity index (χ3v) is 3.64. The van der Waals surface area contributed by atoms with E-state index in [1.807, 2.05) is 24.3 Å². The Morgan fingerprint density at radius 2 is 1.90 bits per heavy atom. The van der Waals surface area contributed by atoms with Gasteiger partial charge in [0.1, 0.15) is 30.1 Å². The Balaban J connectivity index is 2.08. The number of benzene rings is 1. The van der Waals surface area contributed by atoms with Gasteiger partial charge in [-0.3, -0.25) is 4.99 Å². The fraction of sp³-hybridized carbons (Fsp3) is 0.533. The minimum atomic E-state index is -1.15. The van der Waals surface area contributed by atoms with Crippen molar-refractivity contribution in [3.05, 3.63) is 29.8 Å². The normalized spacial score (nSPS) is 33.3. The predicted molar refractivity (Wildman–Crippen MR) is 77.8 cm³/mol. The predicted octanol–water partition coefficient (Wildman–Crippen LogP) is -0.0159. The van der Waals surface area contributed by atoms with Gasteiger partial charge in [0.05, 0.1) is 19.8 Å². The highest BCUT2D eigenvalue weighted by Gasteiger charge is 2.41. The van der Waals surface area contributed by atoms with E-state index < -0.39 is 30.5 Å². The summed E-state index contributed by atoms with van der Waals surface area (Å²) >= 11 is 0. The van der Waals surface area contributed by atoms with Crippen molar-refractivity contribution in [3.8, 4) is 5.75 Å². The summed E-state index contributed by atoms with van der Waals surface area (Å²) in [6.07, 6.45) is -1.76. The number of rotatable bonds is 4. The van der Waals surface area contributed by atoms with E-state index in [0.717, 1.165) is 11.3 Å². The molecule has 1 aromatic rings. The standard InChI is InChI=1S/C15H21NO5/c1-9-13(15(19)14(18)12(8-17)21-9)16-7-10-3-5-11(20-2)6-4-10/h3-7,9,12-15,17-19H,8H2,1-2H3/b16-7+. The lowest BCUT2D eigenvalue weighted by atomic mass is 9.94. The van der Waals surface area contributed by atoms with Gasteiger partial charge in [-0.15, -0.1) is 0 Å². The van der Waals surface area contributed by atoms with E-state index in [1.165, 1.54) is 0 Å². The molecule has 0 radical (unpaired) electrons. The number of ether oxygens (including phenoxy) is 2. The molecule has 0 spiro atoms. The summed E-state index contributed by atoms with van der Waals surface area (Å²) in [4.78, 5) is 4.31. The van der Waals surface area contributed by atoms with Crippen LogP contribution in [0, 0.1) is 0 Å². The van der Waals surface area contributed by atoms with Gasteiger partial charge in [-0.05, 0) is 36.8 Å². The molecule has 1 aromatic carbocycles. The first kappa shape index (κ1) is 15.9. The molecule has 1 aliphatic heterocycles. The molecule has 6 nitrogen and oxygen atoms in total. The van der Waals surface area contributed by atoms with Crippen molar-refractivity contribution >= 4 is 6.21 Å². The Morgan fingerprint density at radius 1 is 1.24 bits per heavy atom. The maximum absolute atomic E-state index is 10.1. The van der Waals surface area contributed by atoms with Crippen LogP contribution in [0.15, 0.2) is 29.3 Å². The lowest BCUT2D eigenvalue weighted by molar-refractivity contribution is -0.183. The van der Waals surface area contributed by atoms with Crippen LogP contribution in [0.25, 0.3) is 0 Å². The smallest absolute Gasteiger partial charge is 0.118 e. The van der Waals surface area contributed by atoms with Crippen molar-refractivity contribution in [2.45, 2.75) is 37.4 Å². The largest absolute Gasteiger partial charge is 0.497 e. The van der Waals surface area contributed by atoms with Gasteiger partial charge in [0, 0.05) is 6.21 Å². The van der Waals surface area contributed by atoms with Gasteiger partial charge in [0.2, 0.25) is 0 Å². The SMILES string of the molecule is COc1ccc(/C=N/C2C(C)OC(CO)C(O)C2O)cc1. The monoisotopic (exact) mass is 295 g/mol. The Kier molecular flexibility index (Phi) is 5.30. The summed E-state index contributed by atoms with van der Waals surface area (Å²) in [5.41, 5.74) is 0.856. The molecule has 0 aromatic heterocycles. The maximum Gasteiger partial charge on any atom is 0.118 e. The van der Waals surface area contributed by atoms with Gasteiger partial charge < -0.3 is 24.8 Å². The average Bonchev–Trinajstić information content (AvgIpc) is 2.51. The summed E-state index contributed by atoms with van der Waals surface area (Å²) in [6.45, 7) is 1.42. The molecular formula is C15H21NO5. The molecule has 6 heteroatoms. The first-order chi connectivity index (χ1) is 10.1. The first-order valence-electron chi connectivity index (χ1n) is 6.86. The molecule has 1 heterocycles. The van der Waals surface area contributed by atoms with E-state index in [4.69, 9.17) is 14.6 Å². The van der Waals surface area contributed by atoms with Crippen molar-refractivity contribution in [1.29, 1.82) is 0 Å². The lowest BCUT2D eigenvalue weighted by Gasteiger charge is -2.39. The van der Waals surface area contributed by atoms with Crippen LogP contribution >= 0.6 is 0 Å². The van der Waals surface area contributed by atoms with Gasteiger partial charge in [0.15, 0.2) is 0 Å². The zero-order valence-corrected chi connectivity index (χ0v) is 12.1. The number of methoxy groups -OCH3 is 1. The van der Waals surface area contributed by atoms with Crippen molar-refractivity contribution in [3.63, 3.8) is 0 Å². The minimum Gasteiger partial charge on any atom is -0.497 e. The van der Waals surface area contributed by atoms with Crippen molar-refractivity contribution in [2.24, 2.45) is 4.99 Å². The van der Waals surface area contributed by atoms with Crippen molar-refractivity contribution in [2.75, 3.05) is 13.7 Å². The van der Waals surface area contributed by atoms with Crippen LogP contribution in [-0.4, -0.2) is 65.7 Å². The molecule has 5 atom stereocenters. The lowest BCUT2D eigenvalue weighted by Crippen LogP contribution is -2.57. The number of hydrogen-bond acceptors (Lipinski definition) is 6. The molecule has 1 aliphatic rings. The molecule has 0 aliphatic carbocycles. The van der Waals surface area contributed by atoms with Gasteiger partial charge in [-0.25, -0.2) is 0 Å². The zero-order valence-electron chi connectivity index (χ0n) is 12.1. The maximum atomic E-state index is 10.1. The molecule has 0 amide bonds. The van der Waals surface area contributed by atoms with E-state index in [-0.39, 0.29) is 6.61 Å². The molecule has 2 rings (SSSR count). The highest BCUT2D eigenvalue weighted by Crippen LogP contribution is 2.23. The highest BCUT2D eigenvalue weighted by molar-refractivity contribution is 5.80. The quantitative estimate of drug-likeness (QED) is 0.679. The zero-order chi connectivity index (χ0) is 15.4.